The lowest BCUT2D eigenvalue weighted by Gasteiger charge is -2.15. The van der Waals surface area contributed by atoms with Crippen LogP contribution in [0.3, 0.4) is 0 Å². The summed E-state index contributed by atoms with van der Waals surface area (Å²) in [7, 11) is 1.88. The van der Waals surface area contributed by atoms with Crippen LogP contribution in [0.2, 0.25) is 0 Å². The fourth-order valence-corrected chi connectivity index (χ4v) is 2.85. The van der Waals surface area contributed by atoms with Gasteiger partial charge in [0.2, 0.25) is 0 Å². The van der Waals surface area contributed by atoms with Crippen molar-refractivity contribution in [3.63, 3.8) is 0 Å². The van der Waals surface area contributed by atoms with Gasteiger partial charge in [-0.1, -0.05) is 46.5 Å². The fraction of sp³-hybridized carbons (Fsp3) is 0.333. The van der Waals surface area contributed by atoms with E-state index in [1.807, 2.05) is 7.48 Å². The van der Waals surface area contributed by atoms with Crippen molar-refractivity contribution in [2.45, 2.75) is 41.5 Å². The number of rotatable bonds is 3. The molecule has 2 aromatic rings. The third-order valence-electron chi connectivity index (χ3n) is 3.64. The van der Waals surface area contributed by atoms with Crippen LogP contribution in [0.4, 0.5) is 0 Å². The van der Waals surface area contributed by atoms with Crippen molar-refractivity contribution in [3.8, 4) is 5.75 Å². The van der Waals surface area contributed by atoms with Crippen molar-refractivity contribution in [3.05, 3.63) is 57.6 Å². The maximum atomic E-state index is 5.99. The van der Waals surface area contributed by atoms with Crippen LogP contribution < -0.4 is 10.1 Å². The molecule has 0 atom stereocenters. The fourth-order valence-electron chi connectivity index (χ4n) is 2.85. The van der Waals surface area contributed by atoms with E-state index < -0.39 is 0 Å². The summed E-state index contributed by atoms with van der Waals surface area (Å²) in [5.74, 6) is 0.968. The molecule has 0 unspecified atom stereocenters. The summed E-state index contributed by atoms with van der Waals surface area (Å²) in [4.78, 5) is 0. The van der Waals surface area contributed by atoms with E-state index in [1.165, 1.54) is 38.8 Å². The Morgan fingerprint density at radius 3 is 1.50 bits per heavy atom. The lowest BCUT2D eigenvalue weighted by molar-refractivity contribution is 0.593. The smallest absolute Gasteiger partial charge is 0.409 e. The third-order valence-corrected chi connectivity index (χ3v) is 3.64. The minimum Gasteiger partial charge on any atom is -0.557 e. The third kappa shape index (κ3) is 3.06. The normalized spacial score (nSPS) is 10.5. The quantitative estimate of drug-likeness (QED) is 0.766. The zero-order valence-corrected chi connectivity index (χ0v) is 13.3. The van der Waals surface area contributed by atoms with Crippen LogP contribution in [-0.4, -0.2) is 7.48 Å². The molecular weight excluding hydrogens is 243 g/mol. The minimum absolute atomic E-state index is 0.968. The predicted octanol–water partition coefficient (Wildman–Crippen LogP) is 3.86. The Labute approximate surface area is 123 Å². The lowest BCUT2D eigenvalue weighted by Crippen LogP contribution is -2.26. The first-order chi connectivity index (χ1) is 9.38. The Morgan fingerprint density at radius 1 is 0.650 bits per heavy atom. The Bertz CT molecular complexity index is 540. The maximum absolute atomic E-state index is 5.99. The standard InChI is InChI=1S/C18H22BO/c1-11-7-13(3)17(14(4)8-11)19-20-18-15(5)9-12(2)10-16(18)6/h7-10H,1-6H3. The van der Waals surface area contributed by atoms with E-state index in [2.05, 4.69) is 65.8 Å². The molecule has 0 aliphatic rings. The average Bonchev–Trinajstić information content (AvgIpc) is 2.30. The van der Waals surface area contributed by atoms with E-state index in [1.54, 1.807) is 0 Å². The summed E-state index contributed by atoms with van der Waals surface area (Å²) in [6, 6.07) is 8.70. The van der Waals surface area contributed by atoms with Gasteiger partial charge in [-0.2, -0.15) is 0 Å². The van der Waals surface area contributed by atoms with Crippen molar-refractivity contribution >= 4 is 12.9 Å². The highest BCUT2D eigenvalue weighted by Crippen LogP contribution is 2.24. The number of aryl methyl sites for hydroxylation is 6. The van der Waals surface area contributed by atoms with Crippen molar-refractivity contribution in [2.24, 2.45) is 0 Å². The highest BCUT2D eigenvalue weighted by molar-refractivity contribution is 6.49. The highest BCUT2D eigenvalue weighted by Gasteiger charge is 2.11. The summed E-state index contributed by atoms with van der Waals surface area (Å²) in [6.07, 6.45) is 0. The van der Waals surface area contributed by atoms with Crippen LogP contribution in [-0.2, 0) is 0 Å². The van der Waals surface area contributed by atoms with E-state index in [0.717, 1.165) is 5.75 Å². The molecular formula is C18H22BO. The van der Waals surface area contributed by atoms with Gasteiger partial charge in [0.05, 0.1) is 0 Å². The molecule has 0 N–H and O–H groups in total. The molecule has 0 spiro atoms. The summed E-state index contributed by atoms with van der Waals surface area (Å²) < 4.78 is 5.99. The molecule has 103 valence electrons. The Morgan fingerprint density at radius 2 is 1.05 bits per heavy atom. The van der Waals surface area contributed by atoms with Crippen LogP contribution in [0.1, 0.15) is 33.4 Å². The zero-order valence-electron chi connectivity index (χ0n) is 13.3. The average molecular weight is 265 g/mol. The van der Waals surface area contributed by atoms with E-state index >= 15 is 0 Å². The Hall–Kier alpha value is -1.70. The molecule has 1 nitrogen and oxygen atoms in total. The molecule has 0 aliphatic heterocycles. The molecule has 2 aromatic carbocycles. The second kappa shape index (κ2) is 5.74. The zero-order chi connectivity index (χ0) is 14.9. The number of hydrogen-bond donors (Lipinski definition) is 0. The molecule has 0 fully saturated rings. The molecule has 2 heteroatoms. The molecule has 0 saturated heterocycles. The maximum Gasteiger partial charge on any atom is 0.409 e. The Balaban J connectivity index is 2.26. The summed E-state index contributed by atoms with van der Waals surface area (Å²) in [5, 5.41) is 0. The van der Waals surface area contributed by atoms with E-state index in [0.29, 0.717) is 0 Å². The molecule has 20 heavy (non-hydrogen) atoms. The van der Waals surface area contributed by atoms with Gasteiger partial charge in [-0.15, -0.1) is 0 Å². The lowest BCUT2D eigenvalue weighted by atomic mass is 9.79. The van der Waals surface area contributed by atoms with Crippen LogP contribution in [0.25, 0.3) is 0 Å². The van der Waals surface area contributed by atoms with Crippen LogP contribution in [0, 0.1) is 41.5 Å². The van der Waals surface area contributed by atoms with Crippen molar-refractivity contribution < 1.29 is 4.65 Å². The SMILES string of the molecule is Cc1cc(C)c([B]Oc2c(C)cc(C)cc2C)c(C)c1. The molecule has 0 saturated carbocycles. The molecule has 0 aromatic heterocycles. The van der Waals surface area contributed by atoms with Crippen LogP contribution >= 0.6 is 0 Å². The van der Waals surface area contributed by atoms with Gasteiger partial charge in [-0.3, -0.25) is 0 Å². The topological polar surface area (TPSA) is 9.23 Å². The largest absolute Gasteiger partial charge is 0.557 e. The van der Waals surface area contributed by atoms with E-state index in [9.17, 15) is 0 Å². The summed E-state index contributed by atoms with van der Waals surface area (Å²) in [6.45, 7) is 12.7. The Kier molecular flexibility index (Phi) is 4.22. The van der Waals surface area contributed by atoms with Gasteiger partial charge >= 0.3 is 7.48 Å². The van der Waals surface area contributed by atoms with Gasteiger partial charge in [0, 0.05) is 0 Å². The molecule has 0 bridgehead atoms. The first-order valence-corrected chi connectivity index (χ1v) is 7.04. The molecule has 0 amide bonds. The minimum atomic E-state index is 0.968. The molecule has 0 aliphatic carbocycles. The van der Waals surface area contributed by atoms with Gasteiger partial charge in [0.15, 0.2) is 0 Å². The van der Waals surface area contributed by atoms with Gasteiger partial charge in [-0.25, -0.2) is 0 Å². The van der Waals surface area contributed by atoms with Crippen LogP contribution in [0.5, 0.6) is 5.75 Å². The van der Waals surface area contributed by atoms with Gasteiger partial charge in [0.25, 0.3) is 0 Å². The number of hydrogen-bond acceptors (Lipinski definition) is 1. The second-order valence-corrected chi connectivity index (χ2v) is 5.78. The first kappa shape index (κ1) is 14.7. The number of benzene rings is 2. The van der Waals surface area contributed by atoms with Crippen molar-refractivity contribution in [2.75, 3.05) is 0 Å². The summed E-state index contributed by atoms with van der Waals surface area (Å²) in [5.41, 5.74) is 8.61. The molecule has 0 heterocycles. The monoisotopic (exact) mass is 265 g/mol. The van der Waals surface area contributed by atoms with E-state index in [-0.39, 0.29) is 0 Å². The highest BCUT2D eigenvalue weighted by atomic mass is 16.4. The van der Waals surface area contributed by atoms with E-state index in [4.69, 9.17) is 4.65 Å². The van der Waals surface area contributed by atoms with Crippen molar-refractivity contribution in [1.29, 1.82) is 0 Å². The first-order valence-electron chi connectivity index (χ1n) is 7.04. The van der Waals surface area contributed by atoms with Crippen LogP contribution in [0.15, 0.2) is 24.3 Å². The van der Waals surface area contributed by atoms with Gasteiger partial charge in [-0.05, 0) is 58.1 Å². The van der Waals surface area contributed by atoms with Gasteiger partial charge in [0.1, 0.15) is 5.75 Å². The molecule has 2 rings (SSSR count). The second-order valence-electron chi connectivity index (χ2n) is 5.78. The van der Waals surface area contributed by atoms with Crippen molar-refractivity contribution in [1.82, 2.24) is 0 Å². The molecule has 1 radical (unpaired) electrons. The van der Waals surface area contributed by atoms with Gasteiger partial charge < -0.3 is 4.65 Å². The predicted molar refractivity (Wildman–Crippen MR) is 87.3 cm³/mol. The summed E-state index contributed by atoms with van der Waals surface area (Å²) >= 11 is 0.